The molecule has 4 heteroatoms. The summed E-state index contributed by atoms with van der Waals surface area (Å²) >= 11 is 0. The van der Waals surface area contributed by atoms with Crippen molar-refractivity contribution in [1.29, 1.82) is 0 Å². The van der Waals surface area contributed by atoms with Gasteiger partial charge < -0.3 is 13.9 Å². The van der Waals surface area contributed by atoms with E-state index in [1.54, 1.807) is 0 Å². The summed E-state index contributed by atoms with van der Waals surface area (Å²) in [6.45, 7) is 16.8. The summed E-state index contributed by atoms with van der Waals surface area (Å²) in [5.74, 6) is 0. The Morgan fingerprint density at radius 2 is 2.05 bits per heavy atom. The lowest BCUT2D eigenvalue weighted by molar-refractivity contribution is -0.180. The molecule has 0 amide bonds. The molecule has 1 saturated heterocycles. The van der Waals surface area contributed by atoms with Crippen LogP contribution in [0.4, 0.5) is 0 Å². The molecule has 0 spiro atoms. The van der Waals surface area contributed by atoms with Crippen molar-refractivity contribution in [3.63, 3.8) is 0 Å². The zero-order valence-electron chi connectivity index (χ0n) is 13.9. The molecule has 118 valence electrons. The van der Waals surface area contributed by atoms with Gasteiger partial charge in [-0.05, 0) is 43.8 Å². The standard InChI is InChI=1S/C16H32O3Si/c1-7-14(19-15-10-8-9-12-17-15)11-13-18-20(5,6)16(2,3)4/h7,14-15H,1,8-13H2,2-6H3/t14-,15?/m0/s1. The molecule has 0 aromatic carbocycles. The lowest BCUT2D eigenvalue weighted by Gasteiger charge is -2.36. The van der Waals surface area contributed by atoms with Crippen molar-refractivity contribution in [2.24, 2.45) is 0 Å². The Hall–Kier alpha value is -0.163. The minimum absolute atomic E-state index is 0.0304. The van der Waals surface area contributed by atoms with Gasteiger partial charge in [-0.1, -0.05) is 26.8 Å². The van der Waals surface area contributed by atoms with E-state index in [-0.39, 0.29) is 17.4 Å². The normalized spacial score (nSPS) is 22.6. The van der Waals surface area contributed by atoms with Gasteiger partial charge in [-0.25, -0.2) is 0 Å². The van der Waals surface area contributed by atoms with E-state index >= 15 is 0 Å². The first-order valence-electron chi connectivity index (χ1n) is 7.80. The van der Waals surface area contributed by atoms with E-state index in [1.165, 1.54) is 6.42 Å². The van der Waals surface area contributed by atoms with Crippen LogP contribution in [0.1, 0.15) is 46.5 Å². The number of hydrogen-bond acceptors (Lipinski definition) is 3. The van der Waals surface area contributed by atoms with Crippen LogP contribution in [-0.2, 0) is 13.9 Å². The third kappa shape index (κ3) is 5.68. The second kappa shape index (κ2) is 7.73. The molecule has 0 radical (unpaired) electrons. The highest BCUT2D eigenvalue weighted by molar-refractivity contribution is 6.74. The third-order valence-corrected chi connectivity index (χ3v) is 8.94. The van der Waals surface area contributed by atoms with Gasteiger partial charge in [-0.2, -0.15) is 0 Å². The molecule has 1 fully saturated rings. The molecule has 20 heavy (non-hydrogen) atoms. The molecule has 1 rings (SSSR count). The fourth-order valence-corrected chi connectivity index (χ4v) is 2.96. The molecular formula is C16H32O3Si. The number of hydrogen-bond donors (Lipinski definition) is 0. The molecule has 1 aliphatic heterocycles. The highest BCUT2D eigenvalue weighted by Gasteiger charge is 2.37. The lowest BCUT2D eigenvalue weighted by Crippen LogP contribution is -2.41. The Kier molecular flexibility index (Phi) is 6.92. The summed E-state index contributed by atoms with van der Waals surface area (Å²) in [6.07, 6.45) is 6.03. The average molecular weight is 301 g/mol. The zero-order chi connectivity index (χ0) is 15.2. The van der Waals surface area contributed by atoms with Crippen LogP contribution in [0.2, 0.25) is 18.1 Å². The van der Waals surface area contributed by atoms with E-state index in [9.17, 15) is 0 Å². The quantitative estimate of drug-likeness (QED) is 0.512. The maximum absolute atomic E-state index is 6.19. The second-order valence-electron chi connectivity index (χ2n) is 7.10. The van der Waals surface area contributed by atoms with Crippen molar-refractivity contribution in [3.05, 3.63) is 12.7 Å². The summed E-state index contributed by atoms with van der Waals surface area (Å²) in [4.78, 5) is 0. The second-order valence-corrected chi connectivity index (χ2v) is 11.9. The van der Waals surface area contributed by atoms with E-state index in [0.717, 1.165) is 32.5 Å². The molecule has 0 saturated carbocycles. The van der Waals surface area contributed by atoms with Gasteiger partial charge in [0.25, 0.3) is 0 Å². The van der Waals surface area contributed by atoms with E-state index < -0.39 is 8.32 Å². The summed E-state index contributed by atoms with van der Waals surface area (Å²) in [5.41, 5.74) is 0. The molecule has 0 aliphatic carbocycles. The SMILES string of the molecule is C=C[C@@H](CCO[Si](C)(C)C(C)(C)C)OC1CCCCO1. The Morgan fingerprint density at radius 1 is 1.35 bits per heavy atom. The summed E-state index contributed by atoms with van der Waals surface area (Å²) in [6, 6.07) is 0. The Bertz CT molecular complexity index is 291. The number of ether oxygens (including phenoxy) is 2. The van der Waals surface area contributed by atoms with Gasteiger partial charge in [-0.3, -0.25) is 0 Å². The maximum atomic E-state index is 6.19. The highest BCUT2D eigenvalue weighted by atomic mass is 28.4. The van der Waals surface area contributed by atoms with Crippen molar-refractivity contribution in [2.75, 3.05) is 13.2 Å². The van der Waals surface area contributed by atoms with E-state index in [2.05, 4.69) is 40.4 Å². The number of rotatable bonds is 7. The first-order valence-corrected chi connectivity index (χ1v) is 10.7. The minimum Gasteiger partial charge on any atom is -0.417 e. The van der Waals surface area contributed by atoms with Gasteiger partial charge in [0, 0.05) is 13.2 Å². The largest absolute Gasteiger partial charge is 0.417 e. The maximum Gasteiger partial charge on any atom is 0.191 e. The fraction of sp³-hybridized carbons (Fsp3) is 0.875. The lowest BCUT2D eigenvalue weighted by atomic mass is 10.2. The molecule has 2 atom stereocenters. The summed E-state index contributed by atoms with van der Waals surface area (Å²) < 4.78 is 17.7. The minimum atomic E-state index is -1.66. The Balaban J connectivity index is 2.32. The van der Waals surface area contributed by atoms with Crippen LogP contribution in [0.25, 0.3) is 0 Å². The van der Waals surface area contributed by atoms with Crippen molar-refractivity contribution >= 4 is 8.32 Å². The van der Waals surface area contributed by atoms with Crippen LogP contribution in [0.5, 0.6) is 0 Å². The molecule has 1 aliphatic rings. The van der Waals surface area contributed by atoms with E-state index in [4.69, 9.17) is 13.9 Å². The van der Waals surface area contributed by atoms with Gasteiger partial charge in [0.2, 0.25) is 0 Å². The van der Waals surface area contributed by atoms with E-state index in [1.807, 2.05) is 6.08 Å². The topological polar surface area (TPSA) is 27.7 Å². The van der Waals surface area contributed by atoms with Crippen LogP contribution < -0.4 is 0 Å². The van der Waals surface area contributed by atoms with Crippen molar-refractivity contribution in [1.82, 2.24) is 0 Å². The van der Waals surface area contributed by atoms with Gasteiger partial charge in [0.15, 0.2) is 14.6 Å². The van der Waals surface area contributed by atoms with Gasteiger partial charge >= 0.3 is 0 Å². The van der Waals surface area contributed by atoms with Crippen molar-refractivity contribution in [2.45, 2.75) is 77.0 Å². The molecule has 1 heterocycles. The molecule has 0 aromatic heterocycles. The predicted octanol–water partition coefficient (Wildman–Crippen LogP) is 4.50. The first kappa shape index (κ1) is 17.9. The molecular weight excluding hydrogens is 268 g/mol. The smallest absolute Gasteiger partial charge is 0.191 e. The van der Waals surface area contributed by atoms with Crippen LogP contribution in [0, 0.1) is 0 Å². The molecule has 1 unspecified atom stereocenters. The Labute approximate surface area is 125 Å². The van der Waals surface area contributed by atoms with Crippen LogP contribution in [0.15, 0.2) is 12.7 Å². The van der Waals surface area contributed by atoms with E-state index in [0.29, 0.717) is 0 Å². The molecule has 3 nitrogen and oxygen atoms in total. The van der Waals surface area contributed by atoms with Gasteiger partial charge in [-0.15, -0.1) is 6.58 Å². The van der Waals surface area contributed by atoms with Crippen molar-refractivity contribution in [3.8, 4) is 0 Å². The zero-order valence-corrected chi connectivity index (χ0v) is 14.9. The summed E-state index contributed by atoms with van der Waals surface area (Å²) in [7, 11) is -1.66. The highest BCUT2D eigenvalue weighted by Crippen LogP contribution is 2.36. The fourth-order valence-electron chi connectivity index (χ4n) is 1.90. The molecule has 0 aromatic rings. The Morgan fingerprint density at radius 3 is 2.55 bits per heavy atom. The third-order valence-electron chi connectivity index (χ3n) is 4.40. The molecule has 0 N–H and O–H groups in total. The monoisotopic (exact) mass is 300 g/mol. The summed E-state index contributed by atoms with van der Waals surface area (Å²) in [5, 5.41) is 0.254. The molecule has 0 bridgehead atoms. The first-order chi connectivity index (χ1) is 9.26. The van der Waals surface area contributed by atoms with Gasteiger partial charge in [0.05, 0.1) is 6.10 Å². The van der Waals surface area contributed by atoms with Crippen LogP contribution >= 0.6 is 0 Å². The van der Waals surface area contributed by atoms with Crippen LogP contribution in [0.3, 0.4) is 0 Å². The predicted molar refractivity (Wildman–Crippen MR) is 86.4 cm³/mol. The average Bonchev–Trinajstić information content (AvgIpc) is 2.37. The van der Waals surface area contributed by atoms with Gasteiger partial charge in [0.1, 0.15) is 0 Å². The van der Waals surface area contributed by atoms with Crippen molar-refractivity contribution < 1.29 is 13.9 Å². The van der Waals surface area contributed by atoms with Crippen LogP contribution in [-0.4, -0.2) is 33.9 Å².